The number of unbranched alkanes of at least 4 members (excludes halogenated alkanes) is 2. The van der Waals surface area contributed by atoms with E-state index >= 15 is 0 Å². The average molecular weight is 393 g/mol. The summed E-state index contributed by atoms with van der Waals surface area (Å²) in [5.74, 6) is -0.596. The highest BCUT2D eigenvalue weighted by Gasteiger charge is 2.30. The maximum Gasteiger partial charge on any atom is 0.416 e. The quantitative estimate of drug-likeness (QED) is 0.464. The molecule has 2 aromatic carbocycles. The minimum atomic E-state index is -4.45. The molecular formula is C20H22F3N3O2. The SMILES string of the molecule is Nc1ccccc1C(=O)NCCCCCC(=O)Nc1cccc(C(F)(F)F)c1. The van der Waals surface area contributed by atoms with Crippen LogP contribution in [0.15, 0.2) is 48.5 Å². The third kappa shape index (κ3) is 6.61. The van der Waals surface area contributed by atoms with Gasteiger partial charge in [-0.2, -0.15) is 13.2 Å². The molecule has 0 unspecified atom stereocenters. The Labute approximate surface area is 161 Å². The summed E-state index contributed by atoms with van der Waals surface area (Å²) in [5, 5.41) is 5.23. The van der Waals surface area contributed by atoms with E-state index in [1.165, 1.54) is 12.1 Å². The van der Waals surface area contributed by atoms with E-state index in [1.54, 1.807) is 24.3 Å². The van der Waals surface area contributed by atoms with Gasteiger partial charge in [0.15, 0.2) is 0 Å². The zero-order chi connectivity index (χ0) is 20.6. The topological polar surface area (TPSA) is 84.2 Å². The molecule has 2 rings (SSSR count). The molecule has 5 nitrogen and oxygen atoms in total. The molecule has 0 saturated heterocycles. The number of benzene rings is 2. The fourth-order valence-electron chi connectivity index (χ4n) is 2.59. The Balaban J connectivity index is 1.65. The first kappa shape index (κ1) is 21.3. The number of halogens is 3. The van der Waals surface area contributed by atoms with Crippen LogP contribution in [-0.4, -0.2) is 18.4 Å². The predicted octanol–water partition coefficient (Wildman–Crippen LogP) is 4.22. The standard InChI is InChI=1S/C20H22F3N3O2/c21-20(22,23)14-7-6-8-15(13-14)26-18(27)11-2-1-5-12-25-19(28)16-9-3-4-10-17(16)24/h3-4,6-10,13H,1-2,5,11-12,24H2,(H,25,28)(H,26,27). The molecule has 0 spiro atoms. The number of anilines is 2. The number of rotatable bonds is 8. The van der Waals surface area contributed by atoms with Crippen LogP contribution in [0, 0.1) is 0 Å². The first-order chi connectivity index (χ1) is 13.3. The van der Waals surface area contributed by atoms with Crippen molar-refractivity contribution in [3.05, 3.63) is 59.7 Å². The van der Waals surface area contributed by atoms with Crippen molar-refractivity contribution in [2.75, 3.05) is 17.6 Å². The minimum Gasteiger partial charge on any atom is -0.398 e. The lowest BCUT2D eigenvalue weighted by Gasteiger charge is -2.10. The summed E-state index contributed by atoms with van der Waals surface area (Å²) < 4.78 is 38.0. The highest BCUT2D eigenvalue weighted by Crippen LogP contribution is 2.30. The molecule has 0 bridgehead atoms. The zero-order valence-corrected chi connectivity index (χ0v) is 15.2. The lowest BCUT2D eigenvalue weighted by molar-refractivity contribution is -0.137. The summed E-state index contributed by atoms with van der Waals surface area (Å²) in [4.78, 5) is 23.8. The molecule has 4 N–H and O–H groups in total. The van der Waals surface area contributed by atoms with Crippen LogP contribution in [0.5, 0.6) is 0 Å². The van der Waals surface area contributed by atoms with Gasteiger partial charge >= 0.3 is 6.18 Å². The van der Waals surface area contributed by atoms with Gasteiger partial charge < -0.3 is 16.4 Å². The van der Waals surface area contributed by atoms with Crippen LogP contribution >= 0.6 is 0 Å². The van der Waals surface area contributed by atoms with E-state index < -0.39 is 11.7 Å². The summed E-state index contributed by atoms with van der Waals surface area (Å²) in [7, 11) is 0. The summed E-state index contributed by atoms with van der Waals surface area (Å²) >= 11 is 0. The predicted molar refractivity (Wildman–Crippen MR) is 102 cm³/mol. The van der Waals surface area contributed by atoms with Crippen molar-refractivity contribution in [1.82, 2.24) is 5.32 Å². The fraction of sp³-hybridized carbons (Fsp3) is 0.300. The highest BCUT2D eigenvalue weighted by molar-refractivity contribution is 5.99. The van der Waals surface area contributed by atoms with Crippen molar-refractivity contribution < 1.29 is 22.8 Å². The van der Waals surface area contributed by atoms with Crippen molar-refractivity contribution in [2.24, 2.45) is 0 Å². The van der Waals surface area contributed by atoms with Gasteiger partial charge in [-0.25, -0.2) is 0 Å². The van der Waals surface area contributed by atoms with E-state index in [1.807, 2.05) is 0 Å². The maximum absolute atomic E-state index is 12.7. The molecule has 2 amide bonds. The van der Waals surface area contributed by atoms with Crippen molar-refractivity contribution >= 4 is 23.2 Å². The first-order valence-electron chi connectivity index (χ1n) is 8.87. The van der Waals surface area contributed by atoms with E-state index in [4.69, 9.17) is 5.73 Å². The Bertz CT molecular complexity index is 822. The molecule has 0 heterocycles. The Morgan fingerprint density at radius 3 is 2.43 bits per heavy atom. The number of carbonyl (C=O) groups excluding carboxylic acids is 2. The molecule has 0 aliphatic rings. The lowest BCUT2D eigenvalue weighted by Crippen LogP contribution is -2.25. The molecule has 150 valence electrons. The van der Waals surface area contributed by atoms with Crippen molar-refractivity contribution in [2.45, 2.75) is 31.9 Å². The second-order valence-electron chi connectivity index (χ2n) is 6.28. The number of carbonyl (C=O) groups is 2. The number of nitrogens with one attached hydrogen (secondary N) is 2. The van der Waals surface area contributed by atoms with Gasteiger partial charge in [-0.1, -0.05) is 24.6 Å². The van der Waals surface area contributed by atoms with Gasteiger partial charge in [-0.3, -0.25) is 9.59 Å². The summed E-state index contributed by atoms with van der Waals surface area (Å²) in [5.41, 5.74) is 5.88. The second kappa shape index (κ2) is 9.77. The van der Waals surface area contributed by atoms with Gasteiger partial charge in [0.1, 0.15) is 0 Å². The third-order valence-corrected chi connectivity index (χ3v) is 4.05. The van der Waals surface area contributed by atoms with E-state index in [0.717, 1.165) is 12.1 Å². The molecule has 0 saturated carbocycles. The number of nitrogen functional groups attached to an aromatic ring is 1. The van der Waals surface area contributed by atoms with Crippen LogP contribution in [0.25, 0.3) is 0 Å². The fourth-order valence-corrected chi connectivity index (χ4v) is 2.59. The van der Waals surface area contributed by atoms with E-state index in [-0.39, 0.29) is 23.9 Å². The second-order valence-corrected chi connectivity index (χ2v) is 6.28. The smallest absolute Gasteiger partial charge is 0.398 e. The summed E-state index contributed by atoms with van der Waals surface area (Å²) in [6.45, 7) is 0.447. The number of para-hydroxylation sites is 1. The molecule has 0 fully saturated rings. The van der Waals surface area contributed by atoms with Crippen LogP contribution in [-0.2, 0) is 11.0 Å². The molecule has 0 aromatic heterocycles. The van der Waals surface area contributed by atoms with Crippen molar-refractivity contribution in [3.63, 3.8) is 0 Å². The van der Waals surface area contributed by atoms with Gasteiger partial charge in [0.05, 0.1) is 11.1 Å². The first-order valence-corrected chi connectivity index (χ1v) is 8.87. The molecule has 28 heavy (non-hydrogen) atoms. The van der Waals surface area contributed by atoms with Crippen LogP contribution in [0.1, 0.15) is 41.6 Å². The number of hydrogen-bond donors (Lipinski definition) is 3. The monoisotopic (exact) mass is 393 g/mol. The van der Waals surface area contributed by atoms with E-state index in [9.17, 15) is 22.8 Å². The van der Waals surface area contributed by atoms with Crippen LogP contribution < -0.4 is 16.4 Å². The Hall–Kier alpha value is -3.03. The Morgan fingerprint density at radius 2 is 1.71 bits per heavy atom. The average Bonchev–Trinajstić information content (AvgIpc) is 2.64. The zero-order valence-electron chi connectivity index (χ0n) is 15.2. The Morgan fingerprint density at radius 1 is 0.964 bits per heavy atom. The highest BCUT2D eigenvalue weighted by atomic mass is 19.4. The molecule has 8 heteroatoms. The third-order valence-electron chi connectivity index (χ3n) is 4.05. The summed E-state index contributed by atoms with van der Waals surface area (Å²) in [6.07, 6.45) is -2.32. The number of alkyl halides is 3. The lowest BCUT2D eigenvalue weighted by atomic mass is 10.1. The molecular weight excluding hydrogens is 371 g/mol. The van der Waals surface area contributed by atoms with Crippen LogP contribution in [0.4, 0.5) is 24.5 Å². The van der Waals surface area contributed by atoms with Crippen molar-refractivity contribution in [1.29, 1.82) is 0 Å². The Kier molecular flexibility index (Phi) is 7.43. The molecule has 0 aliphatic carbocycles. The molecule has 0 radical (unpaired) electrons. The van der Waals surface area contributed by atoms with E-state index in [2.05, 4.69) is 10.6 Å². The van der Waals surface area contributed by atoms with Gasteiger partial charge in [-0.05, 0) is 43.2 Å². The number of nitrogens with two attached hydrogens (primary N) is 1. The molecule has 0 atom stereocenters. The number of amides is 2. The van der Waals surface area contributed by atoms with Crippen molar-refractivity contribution in [3.8, 4) is 0 Å². The largest absolute Gasteiger partial charge is 0.416 e. The van der Waals surface area contributed by atoms with E-state index in [0.29, 0.717) is 37.1 Å². The maximum atomic E-state index is 12.7. The van der Waals surface area contributed by atoms with Crippen LogP contribution in [0.2, 0.25) is 0 Å². The number of hydrogen-bond acceptors (Lipinski definition) is 3. The minimum absolute atomic E-state index is 0.118. The van der Waals surface area contributed by atoms with Crippen LogP contribution in [0.3, 0.4) is 0 Å². The van der Waals surface area contributed by atoms with Gasteiger partial charge in [-0.15, -0.1) is 0 Å². The summed E-state index contributed by atoms with van der Waals surface area (Å²) in [6, 6.07) is 11.3. The van der Waals surface area contributed by atoms with Gasteiger partial charge in [0, 0.05) is 24.3 Å². The van der Waals surface area contributed by atoms with Gasteiger partial charge in [0.25, 0.3) is 5.91 Å². The molecule has 0 aliphatic heterocycles. The van der Waals surface area contributed by atoms with Gasteiger partial charge in [0.2, 0.25) is 5.91 Å². The molecule has 2 aromatic rings. The normalized spacial score (nSPS) is 11.1.